The van der Waals surface area contributed by atoms with Crippen LogP contribution in [0.5, 0.6) is 0 Å². The number of carbonyl (C=O) groups excluding carboxylic acids is 2. The summed E-state index contributed by atoms with van der Waals surface area (Å²) in [6.07, 6.45) is 0. The minimum atomic E-state index is -0.488. The van der Waals surface area contributed by atoms with Crippen molar-refractivity contribution >= 4 is 23.6 Å². The molecule has 2 amide bonds. The molecule has 2 atom stereocenters. The summed E-state index contributed by atoms with van der Waals surface area (Å²) in [5.41, 5.74) is 8.01. The molecule has 2 unspecified atom stereocenters. The van der Waals surface area contributed by atoms with Gasteiger partial charge in [0.05, 0.1) is 5.88 Å². The van der Waals surface area contributed by atoms with E-state index in [1.807, 2.05) is 32.9 Å². The van der Waals surface area contributed by atoms with E-state index in [9.17, 15) is 9.59 Å². The third-order valence-electron chi connectivity index (χ3n) is 4.61. The van der Waals surface area contributed by atoms with Gasteiger partial charge in [-0.25, -0.2) is 0 Å². The second-order valence-corrected chi connectivity index (χ2v) is 9.21. The van der Waals surface area contributed by atoms with Crippen molar-refractivity contribution in [1.29, 1.82) is 0 Å². The second kappa shape index (κ2) is 8.44. The fourth-order valence-electron chi connectivity index (χ4n) is 2.87. The molecule has 26 heavy (non-hydrogen) atoms. The first kappa shape index (κ1) is 20.8. The van der Waals surface area contributed by atoms with Crippen molar-refractivity contribution in [2.45, 2.75) is 52.6 Å². The molecule has 2 rings (SSSR count). The van der Waals surface area contributed by atoms with Crippen molar-refractivity contribution in [2.75, 3.05) is 18.2 Å². The van der Waals surface area contributed by atoms with Crippen molar-refractivity contribution in [1.82, 2.24) is 10.2 Å². The summed E-state index contributed by atoms with van der Waals surface area (Å²) in [6, 6.07) is 7.53. The van der Waals surface area contributed by atoms with Gasteiger partial charge >= 0.3 is 0 Å². The predicted molar refractivity (Wildman–Crippen MR) is 108 cm³/mol. The van der Waals surface area contributed by atoms with E-state index in [1.54, 1.807) is 16.7 Å². The molecule has 6 heteroatoms. The summed E-state index contributed by atoms with van der Waals surface area (Å²) in [7, 11) is 0. The summed E-state index contributed by atoms with van der Waals surface area (Å²) >= 11 is 1.61. The SMILES string of the molecule is CC(C)c1ccc(C(N)CNC(=O)C2CSCN2C(=O)C(C)(C)C)cc1. The highest BCUT2D eigenvalue weighted by Gasteiger charge is 2.38. The fraction of sp³-hybridized carbons (Fsp3) is 0.600. The molecule has 1 aromatic rings. The van der Waals surface area contributed by atoms with Crippen LogP contribution in [0.1, 0.15) is 57.7 Å². The monoisotopic (exact) mass is 377 g/mol. The number of hydrogen-bond acceptors (Lipinski definition) is 4. The third-order valence-corrected chi connectivity index (χ3v) is 5.63. The number of amides is 2. The Kier molecular flexibility index (Phi) is 6.74. The number of rotatable bonds is 5. The van der Waals surface area contributed by atoms with Gasteiger partial charge in [-0.1, -0.05) is 58.9 Å². The van der Waals surface area contributed by atoms with Crippen molar-refractivity contribution in [2.24, 2.45) is 11.1 Å². The van der Waals surface area contributed by atoms with Crippen molar-refractivity contribution in [3.8, 4) is 0 Å². The molecule has 0 aliphatic carbocycles. The van der Waals surface area contributed by atoms with Gasteiger partial charge in [0.25, 0.3) is 0 Å². The summed E-state index contributed by atoms with van der Waals surface area (Å²) in [5, 5.41) is 2.93. The second-order valence-electron chi connectivity index (χ2n) is 8.21. The molecule has 1 aromatic carbocycles. The van der Waals surface area contributed by atoms with Crippen LogP contribution >= 0.6 is 11.8 Å². The molecule has 144 valence electrons. The van der Waals surface area contributed by atoms with E-state index in [1.165, 1.54) is 5.56 Å². The number of nitrogens with two attached hydrogens (primary N) is 1. The Bertz CT molecular complexity index is 637. The molecule has 5 nitrogen and oxygen atoms in total. The summed E-state index contributed by atoms with van der Waals surface area (Å²) in [5.74, 6) is 1.56. The number of carbonyl (C=O) groups is 2. The van der Waals surface area contributed by atoms with Crippen molar-refractivity contribution < 1.29 is 9.59 Å². The molecule has 0 radical (unpaired) electrons. The average molecular weight is 378 g/mol. The normalized spacial score (nSPS) is 18.9. The van der Waals surface area contributed by atoms with Crippen LogP contribution in [0.3, 0.4) is 0 Å². The Morgan fingerprint density at radius 3 is 2.35 bits per heavy atom. The highest BCUT2D eigenvalue weighted by Crippen LogP contribution is 2.27. The number of benzene rings is 1. The van der Waals surface area contributed by atoms with Gasteiger partial charge in [0.1, 0.15) is 6.04 Å². The zero-order chi connectivity index (χ0) is 19.5. The zero-order valence-electron chi connectivity index (χ0n) is 16.4. The van der Waals surface area contributed by atoms with Crippen LogP contribution in [0.15, 0.2) is 24.3 Å². The molecular weight excluding hydrogens is 346 g/mol. The Labute approximate surface area is 161 Å². The van der Waals surface area contributed by atoms with Crippen molar-refractivity contribution in [3.63, 3.8) is 0 Å². The minimum Gasteiger partial charge on any atom is -0.352 e. The van der Waals surface area contributed by atoms with Gasteiger partial charge < -0.3 is 16.0 Å². The minimum absolute atomic E-state index is 0.0104. The Hall–Kier alpha value is -1.53. The first-order valence-electron chi connectivity index (χ1n) is 9.13. The number of nitrogens with zero attached hydrogens (tertiary/aromatic N) is 1. The molecule has 3 N–H and O–H groups in total. The maximum absolute atomic E-state index is 12.6. The summed E-state index contributed by atoms with van der Waals surface area (Å²) in [4.78, 5) is 26.8. The highest BCUT2D eigenvalue weighted by atomic mass is 32.2. The van der Waals surface area contributed by atoms with Gasteiger partial charge in [-0.3, -0.25) is 9.59 Å². The fourth-order valence-corrected chi connectivity index (χ4v) is 4.02. The van der Waals surface area contributed by atoms with Crippen LogP contribution in [0.25, 0.3) is 0 Å². The van der Waals surface area contributed by atoms with Crippen LogP contribution in [0.2, 0.25) is 0 Å². The van der Waals surface area contributed by atoms with Crippen LogP contribution in [-0.2, 0) is 9.59 Å². The van der Waals surface area contributed by atoms with Crippen LogP contribution in [0.4, 0.5) is 0 Å². The van der Waals surface area contributed by atoms with Gasteiger partial charge in [0, 0.05) is 23.8 Å². The molecule has 1 aliphatic heterocycles. The molecule has 0 saturated carbocycles. The van der Waals surface area contributed by atoms with E-state index in [-0.39, 0.29) is 17.9 Å². The van der Waals surface area contributed by atoms with Gasteiger partial charge in [-0.15, -0.1) is 11.8 Å². The lowest BCUT2D eigenvalue weighted by molar-refractivity contribution is -0.144. The standard InChI is InChI=1S/C20H31N3O2S/c1-13(2)14-6-8-15(9-7-14)16(21)10-22-18(24)17-11-26-12-23(17)19(25)20(3,4)5/h6-9,13,16-17H,10-12,21H2,1-5H3,(H,22,24). The van der Waals surface area contributed by atoms with Crippen LogP contribution in [-0.4, -0.2) is 40.9 Å². The van der Waals surface area contributed by atoms with E-state index in [2.05, 4.69) is 31.3 Å². The molecule has 0 spiro atoms. The first-order chi connectivity index (χ1) is 12.1. The smallest absolute Gasteiger partial charge is 0.243 e. The zero-order valence-corrected chi connectivity index (χ0v) is 17.2. The molecular formula is C20H31N3O2S. The maximum Gasteiger partial charge on any atom is 0.243 e. The van der Waals surface area contributed by atoms with Gasteiger partial charge in [0.15, 0.2) is 0 Å². The van der Waals surface area contributed by atoms with E-state index in [0.29, 0.717) is 24.1 Å². The van der Waals surface area contributed by atoms with E-state index >= 15 is 0 Å². The Morgan fingerprint density at radius 1 is 1.23 bits per heavy atom. The molecule has 1 saturated heterocycles. The maximum atomic E-state index is 12.6. The predicted octanol–water partition coefficient (Wildman–Crippen LogP) is 2.87. The Morgan fingerprint density at radius 2 is 1.81 bits per heavy atom. The number of hydrogen-bond donors (Lipinski definition) is 2. The van der Waals surface area contributed by atoms with Crippen molar-refractivity contribution in [3.05, 3.63) is 35.4 Å². The van der Waals surface area contributed by atoms with E-state index in [0.717, 1.165) is 5.56 Å². The third kappa shape index (κ3) is 5.01. The lowest BCUT2D eigenvalue weighted by Gasteiger charge is -2.29. The van der Waals surface area contributed by atoms with E-state index in [4.69, 9.17) is 5.73 Å². The molecule has 1 heterocycles. The first-order valence-corrected chi connectivity index (χ1v) is 10.3. The summed E-state index contributed by atoms with van der Waals surface area (Å²) in [6.45, 7) is 10.3. The lowest BCUT2D eigenvalue weighted by Crippen LogP contribution is -2.51. The molecule has 0 aromatic heterocycles. The quantitative estimate of drug-likeness (QED) is 0.827. The van der Waals surface area contributed by atoms with Crippen LogP contribution < -0.4 is 11.1 Å². The van der Waals surface area contributed by atoms with Gasteiger partial charge in [-0.05, 0) is 17.0 Å². The van der Waals surface area contributed by atoms with Crippen LogP contribution in [0, 0.1) is 5.41 Å². The Balaban J connectivity index is 1.93. The number of thioether (sulfide) groups is 1. The average Bonchev–Trinajstić information content (AvgIpc) is 3.07. The van der Waals surface area contributed by atoms with Gasteiger partial charge in [-0.2, -0.15) is 0 Å². The number of nitrogens with one attached hydrogen (secondary N) is 1. The van der Waals surface area contributed by atoms with E-state index < -0.39 is 11.5 Å². The highest BCUT2D eigenvalue weighted by molar-refractivity contribution is 7.99. The lowest BCUT2D eigenvalue weighted by atomic mass is 9.94. The molecule has 1 fully saturated rings. The summed E-state index contributed by atoms with van der Waals surface area (Å²) < 4.78 is 0. The largest absolute Gasteiger partial charge is 0.352 e. The topological polar surface area (TPSA) is 75.4 Å². The van der Waals surface area contributed by atoms with Gasteiger partial charge in [0.2, 0.25) is 11.8 Å². The molecule has 1 aliphatic rings. The molecule has 0 bridgehead atoms.